The van der Waals surface area contributed by atoms with Crippen LogP contribution in [0.3, 0.4) is 0 Å². The molecular formula is C23H42IN5O2. The number of hydrogen-bond acceptors (Lipinski definition) is 5. The monoisotopic (exact) mass is 547 g/mol. The Morgan fingerprint density at radius 3 is 2.48 bits per heavy atom. The van der Waals surface area contributed by atoms with Crippen LogP contribution < -0.4 is 10.6 Å². The van der Waals surface area contributed by atoms with Crippen molar-refractivity contribution in [2.75, 3.05) is 53.0 Å². The van der Waals surface area contributed by atoms with Gasteiger partial charge in [0.2, 0.25) is 0 Å². The highest BCUT2D eigenvalue weighted by molar-refractivity contribution is 14.0. The first-order valence-corrected chi connectivity index (χ1v) is 11.1. The highest BCUT2D eigenvalue weighted by Crippen LogP contribution is 2.14. The summed E-state index contributed by atoms with van der Waals surface area (Å²) in [5, 5.41) is 17.4. The number of rotatable bonds is 10. The van der Waals surface area contributed by atoms with Gasteiger partial charge >= 0.3 is 0 Å². The Hall–Kier alpha value is -0.940. The summed E-state index contributed by atoms with van der Waals surface area (Å²) in [5.74, 6) is 0.728. The van der Waals surface area contributed by atoms with Crippen LogP contribution in [0.4, 0.5) is 0 Å². The Morgan fingerprint density at radius 2 is 1.87 bits per heavy atom. The Kier molecular flexibility index (Phi) is 12.9. The van der Waals surface area contributed by atoms with Gasteiger partial charge in [-0.05, 0) is 45.9 Å². The Morgan fingerprint density at radius 1 is 1.23 bits per heavy atom. The van der Waals surface area contributed by atoms with Crippen molar-refractivity contribution < 1.29 is 9.84 Å². The highest BCUT2D eigenvalue weighted by Gasteiger charge is 2.25. The van der Waals surface area contributed by atoms with Crippen molar-refractivity contribution in [3.63, 3.8) is 0 Å². The quantitative estimate of drug-likeness (QED) is 0.237. The van der Waals surface area contributed by atoms with Crippen LogP contribution in [0.15, 0.2) is 29.3 Å². The summed E-state index contributed by atoms with van der Waals surface area (Å²) >= 11 is 0. The molecule has 1 heterocycles. The van der Waals surface area contributed by atoms with Gasteiger partial charge in [-0.1, -0.05) is 24.3 Å². The van der Waals surface area contributed by atoms with Crippen molar-refractivity contribution >= 4 is 29.9 Å². The molecule has 1 fully saturated rings. The number of guanidine groups is 1. The lowest BCUT2D eigenvalue weighted by molar-refractivity contribution is -0.0201. The van der Waals surface area contributed by atoms with Gasteiger partial charge in [0.25, 0.3) is 0 Å². The third kappa shape index (κ3) is 10.5. The number of nitrogens with zero attached hydrogens (tertiary/aromatic N) is 3. The second-order valence-corrected chi connectivity index (χ2v) is 8.71. The number of halogens is 1. The summed E-state index contributed by atoms with van der Waals surface area (Å²) in [6.07, 6.45) is 0. The molecule has 1 aromatic rings. The summed E-state index contributed by atoms with van der Waals surface area (Å²) in [7, 11) is 2.15. The number of ether oxygens (including phenoxy) is 1. The highest BCUT2D eigenvalue weighted by atomic mass is 127. The first kappa shape index (κ1) is 28.1. The van der Waals surface area contributed by atoms with Gasteiger partial charge in [-0.15, -0.1) is 24.0 Å². The summed E-state index contributed by atoms with van der Waals surface area (Å²) in [5.41, 5.74) is 1.68. The molecule has 8 heteroatoms. The Bertz CT molecular complexity index is 663. The zero-order valence-corrected chi connectivity index (χ0v) is 22.2. The number of nitrogens with one attached hydrogen (secondary N) is 2. The molecule has 0 amide bonds. The summed E-state index contributed by atoms with van der Waals surface area (Å²) < 4.78 is 5.39. The number of β-amino-alcohol motifs (C(OH)–C–C–N with tert-alkyl or cyclic N) is 1. The van der Waals surface area contributed by atoms with Crippen LogP contribution in [0, 0.1) is 0 Å². The molecule has 0 spiro atoms. The van der Waals surface area contributed by atoms with E-state index in [1.807, 2.05) is 6.92 Å². The SMILES string of the molecule is CCNC(=NCc1ccccc1CN(C)C(C)C)NCC(C)(O)CN1CCOCC1.I. The van der Waals surface area contributed by atoms with Crippen LogP contribution in [0.1, 0.15) is 38.8 Å². The average molecular weight is 548 g/mol. The molecule has 178 valence electrons. The van der Waals surface area contributed by atoms with Crippen LogP contribution in [-0.4, -0.2) is 85.5 Å². The minimum atomic E-state index is -0.842. The van der Waals surface area contributed by atoms with E-state index in [-0.39, 0.29) is 24.0 Å². The number of benzene rings is 1. The molecule has 3 N–H and O–H groups in total. The third-order valence-corrected chi connectivity index (χ3v) is 5.48. The second kappa shape index (κ2) is 14.3. The first-order chi connectivity index (χ1) is 14.3. The predicted octanol–water partition coefficient (Wildman–Crippen LogP) is 2.28. The zero-order chi connectivity index (χ0) is 22.0. The maximum atomic E-state index is 10.8. The van der Waals surface area contributed by atoms with Crippen LogP contribution in [0.5, 0.6) is 0 Å². The first-order valence-electron chi connectivity index (χ1n) is 11.1. The molecule has 1 atom stereocenters. The third-order valence-electron chi connectivity index (χ3n) is 5.48. The van der Waals surface area contributed by atoms with Gasteiger partial charge in [-0.3, -0.25) is 9.80 Å². The van der Waals surface area contributed by atoms with E-state index in [2.05, 4.69) is 72.5 Å². The minimum absolute atomic E-state index is 0. The molecule has 0 radical (unpaired) electrons. The van der Waals surface area contributed by atoms with E-state index in [1.165, 1.54) is 11.1 Å². The fourth-order valence-corrected chi connectivity index (χ4v) is 3.39. The number of aliphatic imine (C=N–C) groups is 1. The number of hydrogen-bond donors (Lipinski definition) is 3. The fourth-order valence-electron chi connectivity index (χ4n) is 3.39. The van der Waals surface area contributed by atoms with Gasteiger partial charge < -0.3 is 20.5 Å². The average Bonchev–Trinajstić information content (AvgIpc) is 2.71. The zero-order valence-electron chi connectivity index (χ0n) is 19.9. The molecule has 1 aromatic carbocycles. The minimum Gasteiger partial charge on any atom is -0.387 e. The standard InChI is InChI=1S/C23H41N5O2.HI/c1-6-24-22(26-17-23(4,29)18-28-11-13-30-14-12-28)25-15-20-9-7-8-10-21(20)16-27(5)19(2)3;/h7-10,19,29H,6,11-18H2,1-5H3,(H2,24,25,26);1H. The van der Waals surface area contributed by atoms with Gasteiger partial charge in [0, 0.05) is 45.3 Å². The van der Waals surface area contributed by atoms with Crippen molar-refractivity contribution in [2.24, 2.45) is 4.99 Å². The van der Waals surface area contributed by atoms with E-state index in [4.69, 9.17) is 9.73 Å². The predicted molar refractivity (Wildman–Crippen MR) is 139 cm³/mol. The molecular weight excluding hydrogens is 505 g/mol. The second-order valence-electron chi connectivity index (χ2n) is 8.71. The number of aliphatic hydroxyl groups is 1. The lowest BCUT2D eigenvalue weighted by Gasteiger charge is -2.34. The van der Waals surface area contributed by atoms with E-state index in [1.54, 1.807) is 0 Å². The van der Waals surface area contributed by atoms with E-state index in [0.29, 0.717) is 25.7 Å². The lowest BCUT2D eigenvalue weighted by Crippen LogP contribution is -2.52. The van der Waals surface area contributed by atoms with E-state index in [0.717, 1.165) is 45.4 Å². The van der Waals surface area contributed by atoms with Gasteiger partial charge in [0.15, 0.2) is 5.96 Å². The van der Waals surface area contributed by atoms with Gasteiger partial charge in [0.1, 0.15) is 0 Å². The summed E-state index contributed by atoms with van der Waals surface area (Å²) in [6, 6.07) is 8.97. The van der Waals surface area contributed by atoms with E-state index >= 15 is 0 Å². The molecule has 1 aliphatic rings. The van der Waals surface area contributed by atoms with Gasteiger partial charge in [0.05, 0.1) is 25.4 Å². The van der Waals surface area contributed by atoms with Crippen molar-refractivity contribution in [1.29, 1.82) is 0 Å². The number of morpholine rings is 1. The van der Waals surface area contributed by atoms with Crippen molar-refractivity contribution in [3.8, 4) is 0 Å². The largest absolute Gasteiger partial charge is 0.387 e. The van der Waals surface area contributed by atoms with Crippen molar-refractivity contribution in [1.82, 2.24) is 20.4 Å². The lowest BCUT2D eigenvalue weighted by atomic mass is 10.1. The van der Waals surface area contributed by atoms with Crippen LogP contribution in [-0.2, 0) is 17.8 Å². The fraction of sp³-hybridized carbons (Fsp3) is 0.696. The molecule has 0 saturated carbocycles. The Labute approximate surface area is 205 Å². The molecule has 31 heavy (non-hydrogen) atoms. The van der Waals surface area contributed by atoms with Crippen LogP contribution in [0.2, 0.25) is 0 Å². The van der Waals surface area contributed by atoms with Crippen LogP contribution in [0.25, 0.3) is 0 Å². The summed E-state index contributed by atoms with van der Waals surface area (Å²) in [6.45, 7) is 14.9. The molecule has 2 rings (SSSR count). The maximum Gasteiger partial charge on any atom is 0.191 e. The molecule has 1 saturated heterocycles. The van der Waals surface area contributed by atoms with Gasteiger partial charge in [-0.25, -0.2) is 4.99 Å². The van der Waals surface area contributed by atoms with Gasteiger partial charge in [-0.2, -0.15) is 0 Å². The van der Waals surface area contributed by atoms with E-state index in [9.17, 15) is 5.11 Å². The molecule has 1 unspecified atom stereocenters. The normalized spacial score (nSPS) is 17.4. The smallest absolute Gasteiger partial charge is 0.191 e. The summed E-state index contributed by atoms with van der Waals surface area (Å²) in [4.78, 5) is 9.35. The molecule has 0 bridgehead atoms. The molecule has 7 nitrogen and oxygen atoms in total. The van der Waals surface area contributed by atoms with E-state index < -0.39 is 5.60 Å². The van der Waals surface area contributed by atoms with Crippen molar-refractivity contribution in [3.05, 3.63) is 35.4 Å². The Balaban J connectivity index is 0.00000480. The molecule has 0 aliphatic carbocycles. The van der Waals surface area contributed by atoms with Crippen LogP contribution >= 0.6 is 24.0 Å². The molecule has 1 aliphatic heterocycles. The topological polar surface area (TPSA) is 72.4 Å². The molecule has 0 aromatic heterocycles. The van der Waals surface area contributed by atoms with Crippen molar-refractivity contribution in [2.45, 2.75) is 52.4 Å². The maximum absolute atomic E-state index is 10.8.